The van der Waals surface area contributed by atoms with E-state index in [1.165, 1.54) is 0 Å². The van der Waals surface area contributed by atoms with Crippen LogP contribution in [0.2, 0.25) is 0 Å². The van der Waals surface area contributed by atoms with E-state index in [1.807, 2.05) is 37.3 Å². The molecule has 0 aliphatic carbocycles. The average molecular weight is 559 g/mol. The first-order valence-electron chi connectivity index (χ1n) is 5.35. The molecule has 19 heavy (non-hydrogen) atoms. The van der Waals surface area contributed by atoms with E-state index in [9.17, 15) is 4.79 Å². The number of aryl methyl sites for hydroxylation is 1. The summed E-state index contributed by atoms with van der Waals surface area (Å²) >= 11 is 12.5. The molecule has 0 bridgehead atoms. The molecule has 0 saturated carbocycles. The van der Waals surface area contributed by atoms with Gasteiger partial charge in [0.25, 0.3) is 0 Å². The predicted molar refractivity (Wildman–Crippen MR) is 96.9 cm³/mol. The van der Waals surface area contributed by atoms with Crippen LogP contribution in [0.1, 0.15) is 21.5 Å². The topological polar surface area (TPSA) is 17.1 Å². The molecule has 2 aromatic carbocycles. The number of hydrogen-bond donors (Lipinski definition) is 0. The van der Waals surface area contributed by atoms with Gasteiger partial charge in [0.2, 0.25) is 0 Å². The van der Waals surface area contributed by atoms with Crippen molar-refractivity contribution in [2.24, 2.45) is 0 Å². The number of carbonyl (C=O) groups excluding carboxylic acids is 1. The summed E-state index contributed by atoms with van der Waals surface area (Å²) in [4.78, 5) is 12.6. The molecule has 0 amide bonds. The molecular weight excluding hydrogens is 551 g/mol. The summed E-state index contributed by atoms with van der Waals surface area (Å²) in [5, 5.41) is 0. The number of carbonyl (C=O) groups is 1. The molecule has 0 aromatic heterocycles. The fraction of sp³-hybridized carbons (Fsp3) is 0.0714. The summed E-state index contributed by atoms with van der Waals surface area (Å²) in [7, 11) is 0. The Morgan fingerprint density at radius 3 is 2.37 bits per heavy atom. The van der Waals surface area contributed by atoms with Crippen LogP contribution in [0.25, 0.3) is 0 Å². The molecule has 0 fully saturated rings. The third-order valence-corrected chi connectivity index (χ3v) is 5.61. The lowest BCUT2D eigenvalue weighted by Crippen LogP contribution is -2.05. The SMILES string of the molecule is Cc1cc(Br)c(C(=O)c2cc(Br)ccc2I)cc1Br. The van der Waals surface area contributed by atoms with Crippen molar-refractivity contribution in [3.8, 4) is 0 Å². The summed E-state index contributed by atoms with van der Waals surface area (Å²) in [5.74, 6) is 0.0123. The molecule has 5 heteroatoms. The third-order valence-electron chi connectivity index (χ3n) is 2.67. The molecule has 0 aliphatic heterocycles. The van der Waals surface area contributed by atoms with Crippen molar-refractivity contribution in [3.05, 3.63) is 64.0 Å². The van der Waals surface area contributed by atoms with Gasteiger partial charge in [0.15, 0.2) is 5.78 Å². The van der Waals surface area contributed by atoms with Crippen LogP contribution >= 0.6 is 70.4 Å². The van der Waals surface area contributed by atoms with Gasteiger partial charge in [-0.1, -0.05) is 47.8 Å². The van der Waals surface area contributed by atoms with Gasteiger partial charge in [-0.25, -0.2) is 0 Å². The largest absolute Gasteiger partial charge is 0.289 e. The van der Waals surface area contributed by atoms with Gasteiger partial charge in [-0.2, -0.15) is 0 Å². The van der Waals surface area contributed by atoms with E-state index in [-0.39, 0.29) is 5.78 Å². The zero-order valence-electron chi connectivity index (χ0n) is 9.81. The van der Waals surface area contributed by atoms with Crippen molar-refractivity contribution in [2.75, 3.05) is 0 Å². The maximum Gasteiger partial charge on any atom is 0.195 e. The summed E-state index contributed by atoms with van der Waals surface area (Å²) in [6.07, 6.45) is 0. The minimum absolute atomic E-state index is 0.0123. The molecule has 0 N–H and O–H groups in total. The highest BCUT2D eigenvalue weighted by atomic mass is 127. The predicted octanol–water partition coefficient (Wildman–Crippen LogP) is 6.12. The Hall–Kier alpha value is 0.280. The monoisotopic (exact) mass is 556 g/mol. The standard InChI is InChI=1S/C14H8Br3IO/c1-7-4-12(17)9(6-11(7)16)14(19)10-5-8(15)2-3-13(10)18/h2-6H,1H3. The summed E-state index contributed by atoms with van der Waals surface area (Å²) in [6.45, 7) is 1.99. The zero-order valence-corrected chi connectivity index (χ0v) is 16.7. The van der Waals surface area contributed by atoms with E-state index >= 15 is 0 Å². The van der Waals surface area contributed by atoms with Crippen LogP contribution in [0.3, 0.4) is 0 Å². The molecule has 98 valence electrons. The molecule has 0 radical (unpaired) electrons. The molecular formula is C14H8Br3IO. The van der Waals surface area contributed by atoms with Crippen molar-refractivity contribution in [3.63, 3.8) is 0 Å². The Balaban J connectivity index is 2.56. The van der Waals surface area contributed by atoms with Gasteiger partial charge >= 0.3 is 0 Å². The van der Waals surface area contributed by atoms with E-state index in [4.69, 9.17) is 0 Å². The van der Waals surface area contributed by atoms with Crippen LogP contribution in [0.4, 0.5) is 0 Å². The van der Waals surface area contributed by atoms with Gasteiger partial charge < -0.3 is 0 Å². The minimum Gasteiger partial charge on any atom is -0.289 e. The highest BCUT2D eigenvalue weighted by molar-refractivity contribution is 14.1. The van der Waals surface area contributed by atoms with E-state index in [2.05, 4.69) is 70.4 Å². The van der Waals surface area contributed by atoms with Crippen LogP contribution in [-0.2, 0) is 0 Å². The van der Waals surface area contributed by atoms with Crippen LogP contribution < -0.4 is 0 Å². The number of benzene rings is 2. The number of rotatable bonds is 2. The lowest BCUT2D eigenvalue weighted by atomic mass is 10.0. The second-order valence-electron chi connectivity index (χ2n) is 4.03. The van der Waals surface area contributed by atoms with Gasteiger partial charge in [0.05, 0.1) is 0 Å². The van der Waals surface area contributed by atoms with E-state index in [1.54, 1.807) is 0 Å². The quantitative estimate of drug-likeness (QED) is 0.321. The number of ketones is 1. The van der Waals surface area contributed by atoms with E-state index in [0.29, 0.717) is 11.1 Å². The second kappa shape index (κ2) is 6.37. The Kier molecular flexibility index (Phi) is 5.25. The molecule has 2 aromatic rings. The lowest BCUT2D eigenvalue weighted by Gasteiger charge is -2.09. The fourth-order valence-corrected chi connectivity index (χ4v) is 3.56. The molecule has 0 unspecified atom stereocenters. The molecule has 0 spiro atoms. The van der Waals surface area contributed by atoms with Crippen molar-refractivity contribution < 1.29 is 4.79 Å². The van der Waals surface area contributed by atoms with E-state index < -0.39 is 0 Å². The number of hydrogen-bond acceptors (Lipinski definition) is 1. The Labute approximate surface area is 150 Å². The first-order valence-corrected chi connectivity index (χ1v) is 8.81. The first-order chi connectivity index (χ1) is 8.90. The Morgan fingerprint density at radius 2 is 1.68 bits per heavy atom. The first kappa shape index (κ1) is 15.7. The second-order valence-corrected chi connectivity index (χ2v) is 7.82. The van der Waals surface area contributed by atoms with E-state index in [0.717, 1.165) is 22.6 Å². The maximum atomic E-state index is 12.6. The van der Waals surface area contributed by atoms with Gasteiger partial charge in [-0.05, 0) is 65.4 Å². The zero-order chi connectivity index (χ0) is 14.2. The smallest absolute Gasteiger partial charge is 0.195 e. The van der Waals surface area contributed by atoms with Crippen molar-refractivity contribution >= 4 is 76.2 Å². The van der Waals surface area contributed by atoms with Crippen molar-refractivity contribution in [2.45, 2.75) is 6.92 Å². The van der Waals surface area contributed by atoms with Crippen LogP contribution in [0.5, 0.6) is 0 Å². The lowest BCUT2D eigenvalue weighted by molar-refractivity contribution is 0.103. The highest BCUT2D eigenvalue weighted by Crippen LogP contribution is 2.29. The van der Waals surface area contributed by atoms with Crippen molar-refractivity contribution in [1.82, 2.24) is 0 Å². The van der Waals surface area contributed by atoms with Crippen molar-refractivity contribution in [1.29, 1.82) is 0 Å². The summed E-state index contributed by atoms with van der Waals surface area (Å²) < 4.78 is 3.59. The number of halogens is 4. The molecule has 0 aliphatic rings. The van der Waals surface area contributed by atoms with Gasteiger partial charge in [-0.3, -0.25) is 4.79 Å². The van der Waals surface area contributed by atoms with Gasteiger partial charge in [0.1, 0.15) is 0 Å². The van der Waals surface area contributed by atoms with Crippen LogP contribution in [0.15, 0.2) is 43.7 Å². The molecule has 0 heterocycles. The summed E-state index contributed by atoms with van der Waals surface area (Å²) in [6, 6.07) is 9.51. The Morgan fingerprint density at radius 1 is 1.00 bits per heavy atom. The normalized spacial score (nSPS) is 10.6. The molecule has 1 nitrogen and oxygen atoms in total. The fourth-order valence-electron chi connectivity index (χ4n) is 1.64. The maximum absolute atomic E-state index is 12.6. The molecule has 2 rings (SSSR count). The van der Waals surface area contributed by atoms with Crippen LogP contribution in [0, 0.1) is 10.5 Å². The third kappa shape index (κ3) is 3.49. The van der Waals surface area contributed by atoms with Gasteiger partial charge in [0, 0.05) is 28.1 Å². The molecule has 0 saturated heterocycles. The highest BCUT2D eigenvalue weighted by Gasteiger charge is 2.17. The van der Waals surface area contributed by atoms with Crippen LogP contribution in [-0.4, -0.2) is 5.78 Å². The minimum atomic E-state index is 0.0123. The van der Waals surface area contributed by atoms with Gasteiger partial charge in [-0.15, -0.1) is 0 Å². The average Bonchev–Trinajstić information content (AvgIpc) is 2.36. The summed E-state index contributed by atoms with van der Waals surface area (Å²) in [5.41, 5.74) is 2.45. The Bertz CT molecular complexity index is 668. The molecule has 0 atom stereocenters.